The minimum absolute atomic E-state index is 0.0200. The number of amides is 1. The van der Waals surface area contributed by atoms with Gasteiger partial charge in [-0.05, 0) is 53.6 Å². The molecule has 0 bridgehead atoms. The molecule has 1 atom stereocenters. The molecule has 8 heteroatoms. The Labute approximate surface area is 188 Å². The number of hydrogen-bond donors (Lipinski definition) is 1. The smallest absolute Gasteiger partial charge is 0.295 e. The average Bonchev–Trinajstić information content (AvgIpc) is 3.04. The SMILES string of the molecule is COc1ccc(F)cc1/C(O)=C1\C(=O)C(=O)N(Cc2ccncc2)C1c1ccc(Cl)cc1. The van der Waals surface area contributed by atoms with E-state index in [4.69, 9.17) is 16.3 Å². The van der Waals surface area contributed by atoms with Gasteiger partial charge in [0.25, 0.3) is 11.7 Å². The number of ether oxygens (including phenoxy) is 1. The predicted octanol–water partition coefficient (Wildman–Crippen LogP) is 4.50. The first kappa shape index (κ1) is 21.5. The molecular formula is C24H18ClFN2O4. The number of nitrogens with zero attached hydrogens (tertiary/aromatic N) is 2. The molecule has 1 saturated heterocycles. The van der Waals surface area contributed by atoms with Gasteiger partial charge in [0.15, 0.2) is 0 Å². The molecule has 1 amide bonds. The van der Waals surface area contributed by atoms with Gasteiger partial charge in [0.1, 0.15) is 17.3 Å². The number of carbonyl (C=O) groups is 2. The highest BCUT2D eigenvalue weighted by molar-refractivity contribution is 6.46. The number of likely N-dealkylation sites (tertiary alicyclic amines) is 1. The van der Waals surface area contributed by atoms with Crippen molar-refractivity contribution < 1.29 is 23.8 Å². The normalized spacial score (nSPS) is 17.6. The first-order chi connectivity index (χ1) is 15.4. The standard InChI is InChI=1S/C24H18ClFN2O4/c1-32-19-7-6-17(26)12-18(19)22(29)20-21(15-2-4-16(25)5-3-15)28(24(31)23(20)30)13-14-8-10-27-11-9-14/h2-12,21,29H,13H2,1H3/b22-20+. The van der Waals surface area contributed by atoms with Crippen molar-refractivity contribution in [3.8, 4) is 5.75 Å². The van der Waals surface area contributed by atoms with Crippen LogP contribution in [0, 0.1) is 5.82 Å². The Morgan fingerprint density at radius 3 is 2.47 bits per heavy atom. The Balaban J connectivity index is 1.91. The molecule has 1 unspecified atom stereocenters. The van der Waals surface area contributed by atoms with Crippen LogP contribution in [-0.4, -0.2) is 33.8 Å². The number of Topliss-reactive ketones (excluding diaryl/α,β-unsaturated/α-hetero) is 1. The van der Waals surface area contributed by atoms with Gasteiger partial charge >= 0.3 is 0 Å². The summed E-state index contributed by atoms with van der Waals surface area (Å²) in [5.74, 6) is -2.63. The first-order valence-electron chi connectivity index (χ1n) is 9.67. The second-order valence-corrected chi connectivity index (χ2v) is 7.62. The van der Waals surface area contributed by atoms with Gasteiger partial charge in [-0.25, -0.2) is 4.39 Å². The summed E-state index contributed by atoms with van der Waals surface area (Å²) in [4.78, 5) is 31.4. The van der Waals surface area contributed by atoms with Crippen LogP contribution in [0.3, 0.4) is 0 Å². The van der Waals surface area contributed by atoms with Crippen LogP contribution in [0.5, 0.6) is 5.75 Å². The van der Waals surface area contributed by atoms with E-state index in [9.17, 15) is 19.1 Å². The monoisotopic (exact) mass is 452 g/mol. The number of aliphatic hydroxyl groups excluding tert-OH is 1. The molecule has 4 rings (SSSR count). The summed E-state index contributed by atoms with van der Waals surface area (Å²) in [6.07, 6.45) is 3.17. The lowest BCUT2D eigenvalue weighted by atomic mass is 9.95. The summed E-state index contributed by atoms with van der Waals surface area (Å²) in [6.45, 7) is 0.109. The van der Waals surface area contributed by atoms with Crippen molar-refractivity contribution in [2.24, 2.45) is 0 Å². The second-order valence-electron chi connectivity index (χ2n) is 7.18. The number of benzene rings is 2. The third kappa shape index (κ3) is 3.94. The Morgan fingerprint density at radius 2 is 1.81 bits per heavy atom. The highest BCUT2D eigenvalue weighted by atomic mass is 35.5. The van der Waals surface area contributed by atoms with E-state index in [2.05, 4.69) is 4.98 Å². The Bertz CT molecular complexity index is 1210. The third-order valence-electron chi connectivity index (χ3n) is 5.24. The zero-order chi connectivity index (χ0) is 22.8. The number of pyridine rings is 1. The minimum atomic E-state index is -0.909. The van der Waals surface area contributed by atoms with Gasteiger partial charge in [-0.1, -0.05) is 23.7 Å². The van der Waals surface area contributed by atoms with E-state index in [1.54, 1.807) is 48.8 Å². The molecule has 1 aliphatic rings. The molecule has 1 N–H and O–H groups in total. The topological polar surface area (TPSA) is 79.7 Å². The van der Waals surface area contributed by atoms with Crippen LogP contribution in [-0.2, 0) is 16.1 Å². The fourth-order valence-electron chi connectivity index (χ4n) is 3.73. The lowest BCUT2D eigenvalue weighted by Gasteiger charge is -2.25. The van der Waals surface area contributed by atoms with E-state index in [1.165, 1.54) is 24.1 Å². The quantitative estimate of drug-likeness (QED) is 0.350. The highest BCUT2D eigenvalue weighted by Crippen LogP contribution is 2.42. The summed E-state index contributed by atoms with van der Waals surface area (Å²) >= 11 is 6.02. The number of ketones is 1. The molecule has 0 radical (unpaired) electrons. The lowest BCUT2D eigenvalue weighted by molar-refractivity contribution is -0.140. The van der Waals surface area contributed by atoms with Crippen LogP contribution >= 0.6 is 11.6 Å². The number of halogens is 2. The minimum Gasteiger partial charge on any atom is -0.507 e. The largest absolute Gasteiger partial charge is 0.507 e. The maximum Gasteiger partial charge on any atom is 0.295 e. The second kappa shape index (κ2) is 8.80. The summed E-state index contributed by atoms with van der Waals surface area (Å²) in [6, 6.07) is 12.7. The molecule has 1 fully saturated rings. The molecule has 1 aromatic heterocycles. The molecular weight excluding hydrogens is 435 g/mol. The first-order valence-corrected chi connectivity index (χ1v) is 10.0. The van der Waals surface area contributed by atoms with Crippen molar-refractivity contribution in [2.45, 2.75) is 12.6 Å². The Morgan fingerprint density at radius 1 is 1.12 bits per heavy atom. The molecule has 162 valence electrons. The number of aliphatic hydroxyl groups is 1. The number of rotatable bonds is 5. The molecule has 1 aliphatic heterocycles. The fraction of sp³-hybridized carbons (Fsp3) is 0.125. The van der Waals surface area contributed by atoms with Crippen LogP contribution in [0.4, 0.5) is 4.39 Å². The van der Waals surface area contributed by atoms with Gasteiger partial charge in [-0.3, -0.25) is 14.6 Å². The average molecular weight is 453 g/mol. The van der Waals surface area contributed by atoms with Crippen LogP contribution in [0.2, 0.25) is 5.02 Å². The van der Waals surface area contributed by atoms with Crippen LogP contribution in [0.15, 0.2) is 72.6 Å². The van der Waals surface area contributed by atoms with E-state index in [0.717, 1.165) is 11.6 Å². The van der Waals surface area contributed by atoms with Crippen molar-refractivity contribution in [1.29, 1.82) is 0 Å². The van der Waals surface area contributed by atoms with Crippen molar-refractivity contribution >= 4 is 29.1 Å². The van der Waals surface area contributed by atoms with E-state index >= 15 is 0 Å². The van der Waals surface area contributed by atoms with E-state index < -0.39 is 29.3 Å². The molecule has 32 heavy (non-hydrogen) atoms. The molecule has 2 aromatic carbocycles. The van der Waals surface area contributed by atoms with Crippen LogP contribution < -0.4 is 4.74 Å². The summed E-state index contributed by atoms with van der Waals surface area (Å²) in [7, 11) is 1.36. The van der Waals surface area contributed by atoms with Gasteiger partial charge in [0, 0.05) is 24.0 Å². The van der Waals surface area contributed by atoms with Crippen LogP contribution in [0.1, 0.15) is 22.7 Å². The van der Waals surface area contributed by atoms with Gasteiger partial charge in [0.2, 0.25) is 0 Å². The van der Waals surface area contributed by atoms with Crippen molar-refractivity contribution in [2.75, 3.05) is 7.11 Å². The van der Waals surface area contributed by atoms with E-state index in [0.29, 0.717) is 10.6 Å². The number of hydrogen-bond acceptors (Lipinski definition) is 5. The molecule has 2 heterocycles. The summed E-state index contributed by atoms with van der Waals surface area (Å²) < 4.78 is 19.2. The molecule has 0 aliphatic carbocycles. The van der Waals surface area contributed by atoms with Gasteiger partial charge in [0.05, 0.1) is 24.3 Å². The van der Waals surface area contributed by atoms with Gasteiger partial charge in [-0.15, -0.1) is 0 Å². The Hall–Kier alpha value is -3.71. The van der Waals surface area contributed by atoms with Crippen molar-refractivity contribution in [3.05, 3.63) is 100 Å². The lowest BCUT2D eigenvalue weighted by Crippen LogP contribution is -2.29. The molecule has 0 spiro atoms. The Kier molecular flexibility index (Phi) is 5.92. The van der Waals surface area contributed by atoms with Crippen LogP contribution in [0.25, 0.3) is 5.76 Å². The zero-order valence-electron chi connectivity index (χ0n) is 17.0. The van der Waals surface area contributed by atoms with Crippen molar-refractivity contribution in [3.63, 3.8) is 0 Å². The van der Waals surface area contributed by atoms with Crippen molar-refractivity contribution in [1.82, 2.24) is 9.88 Å². The number of methoxy groups -OCH3 is 1. The fourth-order valence-corrected chi connectivity index (χ4v) is 3.86. The summed E-state index contributed by atoms with van der Waals surface area (Å²) in [5.41, 5.74) is 1.15. The molecule has 3 aromatic rings. The number of aromatic nitrogens is 1. The van der Waals surface area contributed by atoms with E-state index in [1.807, 2.05) is 0 Å². The highest BCUT2D eigenvalue weighted by Gasteiger charge is 2.46. The summed E-state index contributed by atoms with van der Waals surface area (Å²) in [5, 5.41) is 11.6. The number of carbonyl (C=O) groups excluding carboxylic acids is 2. The molecule has 6 nitrogen and oxygen atoms in total. The maximum absolute atomic E-state index is 14.0. The third-order valence-corrected chi connectivity index (χ3v) is 5.50. The van der Waals surface area contributed by atoms with E-state index in [-0.39, 0.29) is 23.4 Å². The zero-order valence-corrected chi connectivity index (χ0v) is 17.7. The van der Waals surface area contributed by atoms with Gasteiger partial charge < -0.3 is 14.7 Å². The predicted molar refractivity (Wildman–Crippen MR) is 116 cm³/mol. The maximum atomic E-state index is 14.0. The van der Waals surface area contributed by atoms with Gasteiger partial charge in [-0.2, -0.15) is 0 Å². The molecule has 0 saturated carbocycles.